The van der Waals surface area contributed by atoms with Crippen LogP contribution in [0.5, 0.6) is 0 Å². The van der Waals surface area contributed by atoms with Crippen LogP contribution in [0.1, 0.15) is 29.5 Å². The summed E-state index contributed by atoms with van der Waals surface area (Å²) in [6.45, 7) is 1.08. The van der Waals surface area contributed by atoms with E-state index in [0.29, 0.717) is 29.5 Å². The third kappa shape index (κ3) is 16.3. The van der Waals surface area contributed by atoms with Gasteiger partial charge in [-0.3, -0.25) is 32.4 Å². The number of azo groups is 2. The lowest BCUT2D eigenvalue weighted by atomic mass is 10.0. The van der Waals surface area contributed by atoms with E-state index in [9.17, 15) is 85.0 Å². The summed E-state index contributed by atoms with van der Waals surface area (Å²) in [5, 5.41) is 67.8. The maximum Gasteiger partial charge on any atom is 0.305 e. The second-order valence-electron chi connectivity index (χ2n) is 18.3. The predicted molar refractivity (Wildman–Crippen MR) is 324 cm³/mol. The van der Waals surface area contributed by atoms with E-state index < -0.39 is 108 Å². The van der Waals surface area contributed by atoms with Gasteiger partial charge in [-0.15, -0.1) is 20.5 Å². The average Bonchev–Trinajstić information content (AvgIpc) is 0.821. The van der Waals surface area contributed by atoms with Crippen LogP contribution in [0.3, 0.4) is 0 Å². The van der Waals surface area contributed by atoms with Gasteiger partial charge in [-0.2, -0.15) is 67.6 Å². The van der Waals surface area contributed by atoms with Crippen LogP contribution in [-0.2, 0) is 60.2 Å². The number of aromatic nitrogens is 4. The SMILES string of the molecule is Cc1c(C#N)c(Nc2ccc(Cl)c(S(=O)(=O)O)c2)nc(Nc2ccc(Cl)c(S(=O)(=O)O)c2)c1N=Nc1sc(N=Nc2cc(S(=O)(=O)O)c3cc(S(=O)(=O)O)cc(S(=O)(=O)O)c3c2)c(-c2ccc(Nc3nc(NCCC(=O)O)nc(NCCC(=O)O)n3)cc2)c1C#N. The Bertz CT molecular complexity index is 5070. The van der Waals surface area contributed by atoms with E-state index in [-0.39, 0.29) is 121 Å². The zero-order valence-electron chi connectivity index (χ0n) is 45.1. The molecule has 0 spiro atoms. The fourth-order valence-electron chi connectivity index (χ4n) is 8.07. The van der Waals surface area contributed by atoms with Crippen molar-refractivity contribution in [3.8, 4) is 23.3 Å². The Hall–Kier alpha value is -9.53. The smallest absolute Gasteiger partial charge is 0.305 e. The van der Waals surface area contributed by atoms with E-state index >= 15 is 0 Å². The molecule has 3 heterocycles. The molecular formula is C49H37Cl2N15O19S6. The standard InChI is InChI=1S/C49H37Cl2N15O19S6/c1-22-31(20-52)43(56-25-6-8-33(50)37(15-25)90(80,81)82)59-44(57-26-7-9-34(51)38(16-26)91(83,84)85)42(22)64-65-45-32(21-53)41(23-2-4-24(5-3-23)58-49-61-47(54-12-10-39(67)68)60-48(62-49)55-13-11-40(69)70)46(86-45)66-63-27-14-29-30(35(17-27)88(74,75)76)18-28(87(71,72)73)19-36(29)89(77,78)79/h2-9,14-19H,10-13H2,1H3,(H,67,68)(H,69,70)(H2,56,57,59)(H,71,72,73)(H,74,75,76)(H,77,78,79)(H,80,81,82)(H,83,84,85)(H3,54,55,58,60,61,62). The van der Waals surface area contributed by atoms with Gasteiger partial charge in [0.15, 0.2) is 16.6 Å². The number of carboxylic acids is 2. The van der Waals surface area contributed by atoms with Crippen LogP contribution < -0.4 is 26.6 Å². The fourth-order valence-corrected chi connectivity index (χ4v) is 13.0. The van der Waals surface area contributed by atoms with Crippen LogP contribution >= 0.6 is 34.5 Å². The predicted octanol–water partition coefficient (Wildman–Crippen LogP) is 9.58. The number of hydrogen-bond acceptors (Lipinski definition) is 28. The Morgan fingerprint density at radius 3 is 1.49 bits per heavy atom. The van der Waals surface area contributed by atoms with E-state index in [1.807, 2.05) is 12.1 Å². The van der Waals surface area contributed by atoms with E-state index in [1.54, 1.807) is 0 Å². The minimum atomic E-state index is -5.49. The lowest BCUT2D eigenvalue weighted by molar-refractivity contribution is -0.137. The Balaban J connectivity index is 1.31. The number of anilines is 8. The number of carboxylic acid groups (broad SMARTS) is 2. The first kappa shape index (κ1) is 67.4. The highest BCUT2D eigenvalue weighted by molar-refractivity contribution is 7.87. The first-order chi connectivity index (χ1) is 42.5. The molecule has 0 radical (unpaired) electrons. The molecule has 472 valence electrons. The van der Waals surface area contributed by atoms with Crippen molar-refractivity contribution in [2.75, 3.05) is 39.7 Å². The summed E-state index contributed by atoms with van der Waals surface area (Å²) in [6, 6.07) is 18.3. The molecule has 5 aromatic carbocycles. The second-order valence-corrected chi connectivity index (χ2v) is 27.0. The van der Waals surface area contributed by atoms with Crippen molar-refractivity contribution in [2.45, 2.75) is 44.2 Å². The summed E-state index contributed by atoms with van der Waals surface area (Å²) in [4.78, 5) is 34.3. The minimum Gasteiger partial charge on any atom is -0.481 e. The second kappa shape index (κ2) is 26.5. The molecule has 0 aliphatic carbocycles. The summed E-state index contributed by atoms with van der Waals surface area (Å²) in [6.07, 6.45) is -0.682. The molecule has 3 aromatic heterocycles. The third-order valence-corrected chi connectivity index (χ3v) is 18.3. The third-order valence-electron chi connectivity index (χ3n) is 12.1. The number of fused-ring (bicyclic) bond motifs is 1. The molecule has 0 aliphatic rings. The van der Waals surface area contributed by atoms with Gasteiger partial charge in [0, 0.05) is 52.1 Å². The largest absolute Gasteiger partial charge is 0.481 e. The highest BCUT2D eigenvalue weighted by Gasteiger charge is 2.28. The number of thiophene rings is 1. The Kier molecular flexibility index (Phi) is 19.6. The lowest BCUT2D eigenvalue weighted by Crippen LogP contribution is -2.15. The first-order valence-corrected chi connectivity index (χ1v) is 33.3. The average molecular weight is 1400 g/mol. The zero-order valence-corrected chi connectivity index (χ0v) is 51.5. The van der Waals surface area contributed by atoms with Crippen LogP contribution in [0, 0.1) is 29.6 Å². The number of nitrogens with zero attached hydrogens (tertiary/aromatic N) is 10. The molecule has 0 amide bonds. The van der Waals surface area contributed by atoms with Crippen molar-refractivity contribution in [2.24, 2.45) is 20.5 Å². The highest BCUT2D eigenvalue weighted by Crippen LogP contribution is 2.49. The lowest BCUT2D eigenvalue weighted by Gasteiger charge is -2.16. The van der Waals surface area contributed by atoms with Crippen molar-refractivity contribution < 1.29 is 84.7 Å². The van der Waals surface area contributed by atoms with Crippen molar-refractivity contribution in [3.05, 3.63) is 112 Å². The Morgan fingerprint density at radius 1 is 0.527 bits per heavy atom. The molecule has 0 bridgehead atoms. The van der Waals surface area contributed by atoms with Crippen molar-refractivity contribution in [3.63, 3.8) is 0 Å². The van der Waals surface area contributed by atoms with Crippen LogP contribution in [-0.4, -0.2) is 120 Å². The quantitative estimate of drug-likeness (QED) is 0.0198. The maximum atomic E-state index is 12.9. The van der Waals surface area contributed by atoms with Crippen LogP contribution in [0.4, 0.5) is 67.9 Å². The summed E-state index contributed by atoms with van der Waals surface area (Å²) in [7, 11) is -26.2. The van der Waals surface area contributed by atoms with Gasteiger partial charge in [0.05, 0.1) is 39.0 Å². The minimum absolute atomic E-state index is 0.0686. The van der Waals surface area contributed by atoms with Gasteiger partial charge in [0.1, 0.15) is 48.0 Å². The molecule has 34 nitrogen and oxygen atoms in total. The van der Waals surface area contributed by atoms with Crippen LogP contribution in [0.2, 0.25) is 10.0 Å². The molecule has 12 N–H and O–H groups in total. The van der Waals surface area contributed by atoms with Gasteiger partial charge in [0.25, 0.3) is 50.6 Å². The van der Waals surface area contributed by atoms with Gasteiger partial charge in [-0.25, -0.2) is 4.98 Å². The number of aliphatic carboxylic acids is 2. The molecule has 0 fully saturated rings. The summed E-state index contributed by atoms with van der Waals surface area (Å²) >= 11 is 12.7. The monoisotopic (exact) mass is 1400 g/mol. The van der Waals surface area contributed by atoms with E-state index in [4.69, 9.17) is 33.4 Å². The summed E-state index contributed by atoms with van der Waals surface area (Å²) in [5.41, 5.74) is -1.64. The molecular weight excluding hydrogens is 1370 g/mol. The molecule has 0 saturated carbocycles. The number of benzene rings is 5. The molecule has 91 heavy (non-hydrogen) atoms. The molecule has 8 aromatic rings. The number of carbonyl (C=O) groups is 2. The van der Waals surface area contributed by atoms with E-state index in [2.05, 4.69) is 67.0 Å². The Morgan fingerprint density at radius 2 is 1.00 bits per heavy atom. The Labute approximate surface area is 526 Å². The number of nitriles is 2. The number of halogens is 2. The van der Waals surface area contributed by atoms with Gasteiger partial charge < -0.3 is 36.8 Å². The van der Waals surface area contributed by atoms with Gasteiger partial charge in [0.2, 0.25) is 17.8 Å². The maximum absolute atomic E-state index is 12.9. The molecule has 0 aliphatic heterocycles. The summed E-state index contributed by atoms with van der Waals surface area (Å²) in [5.74, 6) is -3.36. The van der Waals surface area contributed by atoms with E-state index in [0.717, 1.165) is 30.3 Å². The van der Waals surface area contributed by atoms with Crippen LogP contribution in [0.15, 0.2) is 130 Å². The number of hydrogen-bond donors (Lipinski definition) is 12. The summed E-state index contributed by atoms with van der Waals surface area (Å²) < 4.78 is 175. The van der Waals surface area contributed by atoms with Crippen molar-refractivity contribution >= 4 is 176 Å². The zero-order chi connectivity index (χ0) is 66.7. The number of pyridine rings is 1. The molecule has 42 heteroatoms. The molecule has 8 rings (SSSR count). The number of nitrogens with one attached hydrogen (secondary N) is 5. The van der Waals surface area contributed by atoms with E-state index in [1.165, 1.54) is 43.3 Å². The van der Waals surface area contributed by atoms with Gasteiger partial charge >= 0.3 is 11.9 Å². The fraction of sp³-hybridized carbons (Fsp3) is 0.102. The van der Waals surface area contributed by atoms with Crippen LogP contribution in [0.25, 0.3) is 21.9 Å². The van der Waals surface area contributed by atoms with Gasteiger partial charge in [-0.05, 0) is 85.3 Å². The normalized spacial score (nSPS) is 12.2. The first-order valence-electron chi connectivity index (χ1n) is 24.5. The molecule has 0 atom stereocenters. The number of rotatable bonds is 24. The molecule has 0 unspecified atom stereocenters. The molecule has 0 saturated heterocycles. The van der Waals surface area contributed by atoms with Crippen molar-refractivity contribution in [1.82, 2.24) is 19.9 Å². The van der Waals surface area contributed by atoms with Crippen molar-refractivity contribution in [1.29, 1.82) is 10.5 Å². The highest BCUT2D eigenvalue weighted by atomic mass is 35.5. The topological polar surface area (TPSA) is 555 Å². The van der Waals surface area contributed by atoms with Gasteiger partial charge in [-0.1, -0.05) is 46.7 Å².